The van der Waals surface area contributed by atoms with Gasteiger partial charge in [-0.2, -0.15) is 0 Å². The largest absolute Gasteiger partial charge is 0.310 e. The predicted molar refractivity (Wildman–Crippen MR) is 56.6 cm³/mol. The van der Waals surface area contributed by atoms with Crippen molar-refractivity contribution in [3.63, 3.8) is 0 Å². The highest BCUT2D eigenvalue weighted by Gasteiger charge is 2.05. The van der Waals surface area contributed by atoms with Gasteiger partial charge in [0.15, 0.2) is 0 Å². The summed E-state index contributed by atoms with van der Waals surface area (Å²) in [5.74, 6) is 0.0641. The summed E-state index contributed by atoms with van der Waals surface area (Å²) in [5, 5.41) is 2.98. The number of rotatable bonds is 6. The Balaban J connectivity index is 2.24. The molecule has 0 unspecified atom stereocenters. The maximum absolute atomic E-state index is 11.0. The van der Waals surface area contributed by atoms with Crippen molar-refractivity contribution in [1.82, 2.24) is 20.0 Å². The summed E-state index contributed by atoms with van der Waals surface area (Å²) in [5.41, 5.74) is 0.840. The third-order valence-corrected chi connectivity index (χ3v) is 3.17. The molecule has 0 aliphatic heterocycles. The van der Waals surface area contributed by atoms with Crippen molar-refractivity contribution < 1.29 is 8.42 Å². The summed E-state index contributed by atoms with van der Waals surface area (Å²) in [6.45, 7) is 0.939. The summed E-state index contributed by atoms with van der Waals surface area (Å²) >= 11 is 0. The van der Waals surface area contributed by atoms with Crippen LogP contribution in [0, 0.1) is 0 Å². The standard InChI is InChI=1S/C8H14N4O2S/c1-9-15(13,14)5-4-10-6-8-2-3-11-7-12-8/h2-3,7,9-10H,4-6H2,1H3. The van der Waals surface area contributed by atoms with E-state index in [0.717, 1.165) is 5.69 Å². The predicted octanol–water partition coefficient (Wildman–Crippen LogP) is -0.885. The first-order chi connectivity index (χ1) is 7.14. The highest BCUT2D eigenvalue weighted by molar-refractivity contribution is 7.89. The van der Waals surface area contributed by atoms with Gasteiger partial charge in [0.05, 0.1) is 11.4 Å². The van der Waals surface area contributed by atoms with Gasteiger partial charge in [-0.25, -0.2) is 23.1 Å². The van der Waals surface area contributed by atoms with Crippen LogP contribution in [0.5, 0.6) is 0 Å². The first kappa shape index (κ1) is 12.0. The van der Waals surface area contributed by atoms with Crippen LogP contribution in [0.3, 0.4) is 0 Å². The number of nitrogens with zero attached hydrogens (tertiary/aromatic N) is 2. The van der Waals surface area contributed by atoms with E-state index in [0.29, 0.717) is 13.1 Å². The Kier molecular flexibility index (Phi) is 4.60. The van der Waals surface area contributed by atoms with Crippen LogP contribution in [0.25, 0.3) is 0 Å². The van der Waals surface area contributed by atoms with Crippen molar-refractivity contribution in [1.29, 1.82) is 0 Å². The van der Waals surface area contributed by atoms with E-state index in [1.807, 2.05) is 0 Å². The first-order valence-corrected chi connectivity index (χ1v) is 6.16. The molecule has 0 aliphatic rings. The molecule has 7 heteroatoms. The zero-order chi connectivity index (χ0) is 11.1. The highest BCUT2D eigenvalue weighted by atomic mass is 32.2. The van der Waals surface area contributed by atoms with Gasteiger partial charge in [-0.05, 0) is 13.1 Å². The van der Waals surface area contributed by atoms with Crippen molar-refractivity contribution >= 4 is 10.0 Å². The maximum Gasteiger partial charge on any atom is 0.212 e. The van der Waals surface area contributed by atoms with Crippen LogP contribution in [0.1, 0.15) is 5.69 Å². The number of sulfonamides is 1. The maximum atomic E-state index is 11.0. The van der Waals surface area contributed by atoms with Crippen LogP contribution in [-0.2, 0) is 16.6 Å². The van der Waals surface area contributed by atoms with Crippen LogP contribution >= 0.6 is 0 Å². The minimum Gasteiger partial charge on any atom is -0.310 e. The number of nitrogens with one attached hydrogen (secondary N) is 2. The summed E-state index contributed by atoms with van der Waals surface area (Å²) in [7, 11) is -1.72. The van der Waals surface area contributed by atoms with Crippen LogP contribution < -0.4 is 10.0 Å². The Bertz CT molecular complexity index is 379. The quantitative estimate of drug-likeness (QED) is 0.620. The van der Waals surface area contributed by atoms with Crippen LogP contribution in [-0.4, -0.2) is 37.7 Å². The topological polar surface area (TPSA) is 84.0 Å². The zero-order valence-corrected chi connectivity index (χ0v) is 9.29. The molecular weight excluding hydrogens is 216 g/mol. The second-order valence-corrected chi connectivity index (χ2v) is 4.95. The molecule has 0 atom stereocenters. The fourth-order valence-electron chi connectivity index (χ4n) is 0.948. The first-order valence-electron chi connectivity index (χ1n) is 4.51. The molecule has 0 amide bonds. The summed E-state index contributed by atoms with van der Waals surface area (Å²) < 4.78 is 24.3. The van der Waals surface area contributed by atoms with Gasteiger partial charge in [-0.15, -0.1) is 0 Å². The Morgan fingerprint density at radius 3 is 2.87 bits per heavy atom. The highest BCUT2D eigenvalue weighted by Crippen LogP contribution is 1.89. The van der Waals surface area contributed by atoms with Gasteiger partial charge < -0.3 is 5.32 Å². The van der Waals surface area contributed by atoms with Crippen molar-refractivity contribution in [2.24, 2.45) is 0 Å². The third kappa shape index (κ3) is 4.82. The number of hydrogen-bond acceptors (Lipinski definition) is 5. The van der Waals surface area contributed by atoms with Gasteiger partial charge in [0, 0.05) is 19.3 Å². The van der Waals surface area contributed by atoms with E-state index in [2.05, 4.69) is 20.0 Å². The molecule has 0 radical (unpaired) electrons. The summed E-state index contributed by atoms with van der Waals surface area (Å²) in [4.78, 5) is 7.78. The van der Waals surface area contributed by atoms with Crippen LogP contribution in [0.4, 0.5) is 0 Å². The van der Waals surface area contributed by atoms with Gasteiger partial charge in [-0.3, -0.25) is 0 Å². The molecule has 2 N–H and O–H groups in total. The van der Waals surface area contributed by atoms with Crippen molar-refractivity contribution in [2.45, 2.75) is 6.54 Å². The monoisotopic (exact) mass is 230 g/mol. The van der Waals surface area contributed by atoms with Crippen molar-refractivity contribution in [2.75, 3.05) is 19.3 Å². The second-order valence-electron chi connectivity index (χ2n) is 2.90. The molecule has 0 saturated carbocycles. The lowest BCUT2D eigenvalue weighted by molar-refractivity contribution is 0.582. The lowest BCUT2D eigenvalue weighted by Crippen LogP contribution is -2.29. The molecule has 0 saturated heterocycles. The molecule has 1 aromatic rings. The van der Waals surface area contributed by atoms with Gasteiger partial charge in [0.25, 0.3) is 0 Å². The van der Waals surface area contributed by atoms with Crippen molar-refractivity contribution in [3.8, 4) is 0 Å². The van der Waals surface area contributed by atoms with Crippen LogP contribution in [0.15, 0.2) is 18.6 Å². The molecule has 6 nitrogen and oxygen atoms in total. The van der Waals surface area contributed by atoms with Crippen LogP contribution in [0.2, 0.25) is 0 Å². The fourth-order valence-corrected chi connectivity index (χ4v) is 1.56. The number of hydrogen-bond donors (Lipinski definition) is 2. The van der Waals surface area contributed by atoms with E-state index in [4.69, 9.17) is 0 Å². The minimum atomic E-state index is -3.12. The summed E-state index contributed by atoms with van der Waals surface area (Å²) in [6, 6.07) is 1.78. The third-order valence-electron chi connectivity index (χ3n) is 1.81. The molecule has 84 valence electrons. The zero-order valence-electron chi connectivity index (χ0n) is 8.47. The molecule has 0 bridgehead atoms. The lowest BCUT2D eigenvalue weighted by atomic mass is 10.4. The lowest BCUT2D eigenvalue weighted by Gasteiger charge is -2.04. The van der Waals surface area contributed by atoms with E-state index in [1.165, 1.54) is 13.4 Å². The van der Waals surface area contributed by atoms with Gasteiger partial charge in [-0.1, -0.05) is 0 Å². The van der Waals surface area contributed by atoms with E-state index in [-0.39, 0.29) is 5.75 Å². The van der Waals surface area contributed by atoms with E-state index < -0.39 is 10.0 Å². The molecule has 0 aliphatic carbocycles. The van der Waals surface area contributed by atoms with Gasteiger partial charge >= 0.3 is 0 Å². The molecule has 15 heavy (non-hydrogen) atoms. The van der Waals surface area contributed by atoms with E-state index >= 15 is 0 Å². The molecular formula is C8H14N4O2S. The minimum absolute atomic E-state index is 0.0641. The smallest absolute Gasteiger partial charge is 0.212 e. The molecule has 0 fully saturated rings. The van der Waals surface area contributed by atoms with Gasteiger partial charge in [0.2, 0.25) is 10.0 Å². The average Bonchev–Trinajstić information content (AvgIpc) is 2.26. The van der Waals surface area contributed by atoms with E-state index in [9.17, 15) is 8.42 Å². The van der Waals surface area contributed by atoms with Gasteiger partial charge in [0.1, 0.15) is 6.33 Å². The molecule has 1 rings (SSSR count). The molecule has 1 heterocycles. The SMILES string of the molecule is CNS(=O)(=O)CCNCc1ccncn1. The normalized spacial score (nSPS) is 11.5. The average molecular weight is 230 g/mol. The molecule has 0 spiro atoms. The van der Waals surface area contributed by atoms with E-state index in [1.54, 1.807) is 12.3 Å². The summed E-state index contributed by atoms with van der Waals surface area (Å²) in [6.07, 6.45) is 3.11. The number of aromatic nitrogens is 2. The van der Waals surface area contributed by atoms with Crippen molar-refractivity contribution in [3.05, 3.63) is 24.3 Å². The fraction of sp³-hybridized carbons (Fsp3) is 0.500. The Labute approximate surface area is 89.2 Å². The molecule has 0 aromatic carbocycles. The Morgan fingerprint density at radius 2 is 2.27 bits per heavy atom. The Morgan fingerprint density at radius 1 is 1.47 bits per heavy atom. The Hall–Kier alpha value is -1.05. The molecule has 1 aromatic heterocycles. The second kappa shape index (κ2) is 5.74.